The number of hydrogen-bond acceptors (Lipinski definition) is 2. The molecule has 0 aliphatic rings. The third-order valence-corrected chi connectivity index (χ3v) is 3.23. The molecule has 0 radical (unpaired) electrons. The molecule has 1 aromatic rings. The number of ether oxygens (including phenoxy) is 1. The van der Waals surface area contributed by atoms with Crippen LogP contribution in [0.25, 0.3) is 0 Å². The van der Waals surface area contributed by atoms with Crippen LogP contribution >= 0.6 is 0 Å². The van der Waals surface area contributed by atoms with E-state index in [4.69, 9.17) is 10.5 Å². The van der Waals surface area contributed by atoms with Crippen LogP contribution in [0.3, 0.4) is 0 Å². The van der Waals surface area contributed by atoms with Gasteiger partial charge in [-0.05, 0) is 22.5 Å². The molecule has 0 aliphatic carbocycles. The van der Waals surface area contributed by atoms with Crippen molar-refractivity contribution in [2.24, 2.45) is 11.1 Å². The predicted octanol–water partition coefficient (Wildman–Crippen LogP) is 3.74. The zero-order chi connectivity index (χ0) is 14.0. The first kappa shape index (κ1) is 15.0. The SMILES string of the molecule is CC(C)(C)c1ccccc1OCC(N)C(C)(C)C. The van der Waals surface area contributed by atoms with E-state index in [0.29, 0.717) is 6.61 Å². The molecule has 2 nitrogen and oxygen atoms in total. The van der Waals surface area contributed by atoms with E-state index in [1.165, 1.54) is 5.56 Å². The van der Waals surface area contributed by atoms with Crippen LogP contribution < -0.4 is 10.5 Å². The summed E-state index contributed by atoms with van der Waals surface area (Å²) in [6, 6.07) is 8.24. The summed E-state index contributed by atoms with van der Waals surface area (Å²) in [5, 5.41) is 0. The average Bonchev–Trinajstić information content (AvgIpc) is 2.23. The molecule has 1 atom stereocenters. The normalized spacial score (nSPS) is 14.4. The van der Waals surface area contributed by atoms with Gasteiger partial charge in [0.15, 0.2) is 0 Å². The largest absolute Gasteiger partial charge is 0.492 e. The topological polar surface area (TPSA) is 35.2 Å². The second-order valence-corrected chi connectivity index (χ2v) is 7.03. The molecular formula is C16H27NO. The van der Waals surface area contributed by atoms with Crippen molar-refractivity contribution in [3.63, 3.8) is 0 Å². The maximum absolute atomic E-state index is 6.13. The minimum absolute atomic E-state index is 0.0329. The summed E-state index contributed by atoms with van der Waals surface area (Å²) in [5.41, 5.74) is 7.51. The third-order valence-electron chi connectivity index (χ3n) is 3.23. The molecule has 0 amide bonds. The van der Waals surface area contributed by atoms with E-state index in [2.05, 4.69) is 53.7 Å². The van der Waals surface area contributed by atoms with Crippen LogP contribution in [-0.4, -0.2) is 12.6 Å². The highest BCUT2D eigenvalue weighted by molar-refractivity contribution is 5.38. The Labute approximate surface area is 112 Å². The van der Waals surface area contributed by atoms with Crippen molar-refractivity contribution in [3.05, 3.63) is 29.8 Å². The van der Waals surface area contributed by atoms with Gasteiger partial charge in [-0.25, -0.2) is 0 Å². The van der Waals surface area contributed by atoms with Gasteiger partial charge in [0.2, 0.25) is 0 Å². The smallest absolute Gasteiger partial charge is 0.123 e. The van der Waals surface area contributed by atoms with Gasteiger partial charge in [0.05, 0.1) is 0 Å². The number of benzene rings is 1. The molecule has 0 saturated heterocycles. The number of nitrogens with two attached hydrogens (primary N) is 1. The van der Waals surface area contributed by atoms with Gasteiger partial charge in [-0.1, -0.05) is 59.7 Å². The lowest BCUT2D eigenvalue weighted by Crippen LogP contribution is -2.40. The summed E-state index contributed by atoms with van der Waals surface area (Å²) in [5.74, 6) is 0.949. The van der Waals surface area contributed by atoms with Crippen LogP contribution in [0.1, 0.15) is 47.1 Å². The Morgan fingerprint density at radius 2 is 1.61 bits per heavy atom. The van der Waals surface area contributed by atoms with E-state index in [1.54, 1.807) is 0 Å². The lowest BCUT2D eigenvalue weighted by Gasteiger charge is -2.28. The Morgan fingerprint density at radius 1 is 1.06 bits per heavy atom. The van der Waals surface area contributed by atoms with Crippen molar-refractivity contribution in [2.75, 3.05) is 6.61 Å². The molecular weight excluding hydrogens is 222 g/mol. The molecule has 0 aromatic heterocycles. The Morgan fingerprint density at radius 3 is 2.11 bits per heavy atom. The lowest BCUT2D eigenvalue weighted by molar-refractivity contribution is 0.203. The maximum Gasteiger partial charge on any atom is 0.123 e. The minimum Gasteiger partial charge on any atom is -0.492 e. The third kappa shape index (κ3) is 4.02. The molecule has 1 unspecified atom stereocenters. The van der Waals surface area contributed by atoms with Crippen LogP contribution in [0, 0.1) is 5.41 Å². The van der Waals surface area contributed by atoms with Gasteiger partial charge >= 0.3 is 0 Å². The summed E-state index contributed by atoms with van der Waals surface area (Å²) in [6.07, 6.45) is 0. The van der Waals surface area contributed by atoms with Crippen molar-refractivity contribution in [3.8, 4) is 5.75 Å². The molecule has 0 saturated carbocycles. The Balaban J connectivity index is 2.80. The van der Waals surface area contributed by atoms with Crippen molar-refractivity contribution in [1.82, 2.24) is 0 Å². The summed E-state index contributed by atoms with van der Waals surface area (Å²) in [4.78, 5) is 0. The van der Waals surface area contributed by atoms with E-state index in [0.717, 1.165) is 5.75 Å². The molecule has 0 aliphatic heterocycles. The molecule has 0 fully saturated rings. The van der Waals surface area contributed by atoms with Gasteiger partial charge in [-0.2, -0.15) is 0 Å². The van der Waals surface area contributed by atoms with Crippen molar-refractivity contribution in [2.45, 2.75) is 53.0 Å². The summed E-state index contributed by atoms with van der Waals surface area (Å²) in [6.45, 7) is 13.5. The van der Waals surface area contributed by atoms with Crippen LogP contribution in [0.4, 0.5) is 0 Å². The Hall–Kier alpha value is -1.02. The monoisotopic (exact) mass is 249 g/mol. The molecule has 0 bridgehead atoms. The quantitative estimate of drug-likeness (QED) is 0.885. The van der Waals surface area contributed by atoms with Gasteiger partial charge in [0.25, 0.3) is 0 Å². The highest BCUT2D eigenvalue weighted by Crippen LogP contribution is 2.31. The van der Waals surface area contributed by atoms with Gasteiger partial charge in [0, 0.05) is 6.04 Å². The summed E-state index contributed by atoms with van der Waals surface area (Å²) < 4.78 is 5.93. The van der Waals surface area contributed by atoms with Gasteiger partial charge in [-0.15, -0.1) is 0 Å². The highest BCUT2D eigenvalue weighted by Gasteiger charge is 2.23. The van der Waals surface area contributed by atoms with Gasteiger partial charge in [0.1, 0.15) is 12.4 Å². The van der Waals surface area contributed by atoms with Crippen LogP contribution in [0.15, 0.2) is 24.3 Å². The second kappa shape index (κ2) is 5.31. The van der Waals surface area contributed by atoms with E-state index in [1.807, 2.05) is 12.1 Å². The average molecular weight is 249 g/mol. The molecule has 2 N–H and O–H groups in total. The maximum atomic E-state index is 6.13. The highest BCUT2D eigenvalue weighted by atomic mass is 16.5. The van der Waals surface area contributed by atoms with E-state index in [-0.39, 0.29) is 16.9 Å². The van der Waals surface area contributed by atoms with Gasteiger partial charge in [-0.3, -0.25) is 0 Å². The molecule has 18 heavy (non-hydrogen) atoms. The molecule has 1 aromatic carbocycles. The zero-order valence-electron chi connectivity index (χ0n) is 12.6. The van der Waals surface area contributed by atoms with Crippen molar-refractivity contribution >= 4 is 0 Å². The Kier molecular flexibility index (Phi) is 4.44. The molecule has 102 valence electrons. The van der Waals surface area contributed by atoms with Crippen LogP contribution in [0.5, 0.6) is 5.75 Å². The van der Waals surface area contributed by atoms with Crippen molar-refractivity contribution in [1.29, 1.82) is 0 Å². The number of rotatable bonds is 3. The first-order chi connectivity index (χ1) is 8.12. The van der Waals surface area contributed by atoms with Crippen molar-refractivity contribution < 1.29 is 4.74 Å². The van der Waals surface area contributed by atoms with Crippen LogP contribution in [-0.2, 0) is 5.41 Å². The fourth-order valence-electron chi connectivity index (χ4n) is 1.64. The van der Waals surface area contributed by atoms with Gasteiger partial charge < -0.3 is 10.5 Å². The molecule has 2 heteroatoms. The zero-order valence-corrected chi connectivity index (χ0v) is 12.6. The first-order valence-electron chi connectivity index (χ1n) is 6.60. The lowest BCUT2D eigenvalue weighted by atomic mass is 9.86. The standard InChI is InChI=1S/C16H27NO/c1-15(2,3)12-9-7-8-10-13(12)18-11-14(17)16(4,5)6/h7-10,14H,11,17H2,1-6H3. The van der Waals surface area contributed by atoms with E-state index >= 15 is 0 Å². The molecule has 1 rings (SSSR count). The van der Waals surface area contributed by atoms with E-state index in [9.17, 15) is 0 Å². The van der Waals surface area contributed by atoms with E-state index < -0.39 is 0 Å². The van der Waals surface area contributed by atoms with Crippen LogP contribution in [0.2, 0.25) is 0 Å². The first-order valence-corrected chi connectivity index (χ1v) is 6.60. The predicted molar refractivity (Wildman–Crippen MR) is 78.1 cm³/mol. The summed E-state index contributed by atoms with van der Waals surface area (Å²) in [7, 11) is 0. The second-order valence-electron chi connectivity index (χ2n) is 7.03. The fraction of sp³-hybridized carbons (Fsp3) is 0.625. The Bertz CT molecular complexity index is 385. The minimum atomic E-state index is 0.0329. The molecule has 0 heterocycles. The molecule has 0 spiro atoms. The number of para-hydroxylation sites is 1. The summed E-state index contributed by atoms with van der Waals surface area (Å²) >= 11 is 0. The number of hydrogen-bond donors (Lipinski definition) is 1. The fourth-order valence-corrected chi connectivity index (χ4v) is 1.64.